The van der Waals surface area contributed by atoms with Crippen molar-refractivity contribution in [1.82, 2.24) is 15.2 Å². The molecule has 2 aromatic rings. The summed E-state index contributed by atoms with van der Waals surface area (Å²) in [5, 5.41) is 14.0. The number of hydrogen-bond donors (Lipinski definition) is 4. The van der Waals surface area contributed by atoms with E-state index in [2.05, 4.69) is 25.8 Å². The van der Waals surface area contributed by atoms with Crippen LogP contribution in [0.2, 0.25) is 5.02 Å². The van der Waals surface area contributed by atoms with Gasteiger partial charge in [0, 0.05) is 10.7 Å². The zero-order chi connectivity index (χ0) is 18.7. The van der Waals surface area contributed by atoms with Crippen molar-refractivity contribution in [2.75, 3.05) is 10.6 Å². The van der Waals surface area contributed by atoms with E-state index in [4.69, 9.17) is 23.1 Å². The lowest BCUT2D eigenvalue weighted by atomic mass is 10.1. The number of amides is 2. The molecule has 3 rings (SSSR count). The Kier molecular flexibility index (Phi) is 5.17. The van der Waals surface area contributed by atoms with Gasteiger partial charge in [-0.2, -0.15) is 4.98 Å². The van der Waals surface area contributed by atoms with Gasteiger partial charge in [0.1, 0.15) is 6.04 Å². The number of aromatic nitrogens is 3. The molecular weight excluding hydrogens is 358 g/mol. The Morgan fingerprint density at radius 1 is 1.19 bits per heavy atom. The number of primary amides is 2. The number of nitrogens with zero attached hydrogens (tertiary/aromatic N) is 3. The van der Waals surface area contributed by atoms with Crippen LogP contribution in [0.25, 0.3) is 0 Å². The number of hydrogen-bond acceptors (Lipinski definition) is 7. The molecule has 1 aliphatic carbocycles. The van der Waals surface area contributed by atoms with E-state index < -0.39 is 17.9 Å². The molecule has 1 aromatic heterocycles. The van der Waals surface area contributed by atoms with Gasteiger partial charge in [0.2, 0.25) is 11.9 Å². The lowest BCUT2D eigenvalue weighted by Crippen LogP contribution is -2.36. The number of carbonyl (C=O) groups excluding carboxylic acids is 2. The van der Waals surface area contributed by atoms with Crippen molar-refractivity contribution in [1.29, 1.82) is 0 Å². The minimum Gasteiger partial charge on any atom is -0.368 e. The largest absolute Gasteiger partial charge is 0.368 e. The Balaban J connectivity index is 1.83. The van der Waals surface area contributed by atoms with Gasteiger partial charge in [0.25, 0.3) is 5.91 Å². The second-order valence-electron chi connectivity index (χ2n) is 6.11. The minimum absolute atomic E-state index is 0.0795. The minimum atomic E-state index is -0.780. The molecule has 2 amide bonds. The van der Waals surface area contributed by atoms with Gasteiger partial charge in [-0.1, -0.05) is 24.4 Å². The summed E-state index contributed by atoms with van der Waals surface area (Å²) in [4.78, 5) is 27.4. The van der Waals surface area contributed by atoms with E-state index in [1.165, 1.54) is 0 Å². The first-order valence-corrected chi connectivity index (χ1v) is 8.43. The first kappa shape index (κ1) is 17.9. The molecule has 136 valence electrons. The van der Waals surface area contributed by atoms with Gasteiger partial charge in [0.15, 0.2) is 11.5 Å². The fourth-order valence-electron chi connectivity index (χ4n) is 2.40. The van der Waals surface area contributed by atoms with Gasteiger partial charge in [-0.15, -0.1) is 10.2 Å². The van der Waals surface area contributed by atoms with Crippen LogP contribution in [0.3, 0.4) is 0 Å². The standard InChI is InChI=1S/C16H18ClN7O2/c17-9-3-5-10(6-4-9)20-15-12(14(19)26)23-24-16(22-15)21-11(13(18)25)7-8-1-2-8/h3-6,8,11H,1-2,7H2,(H2,18,25)(H2,19,26)(H2,20,21,22,24)/t11-/m1/s1. The smallest absolute Gasteiger partial charge is 0.273 e. The monoisotopic (exact) mass is 375 g/mol. The van der Waals surface area contributed by atoms with E-state index in [0.717, 1.165) is 12.8 Å². The molecule has 9 nitrogen and oxygen atoms in total. The fraction of sp³-hybridized carbons (Fsp3) is 0.312. The van der Waals surface area contributed by atoms with Crippen LogP contribution in [0.15, 0.2) is 24.3 Å². The van der Waals surface area contributed by atoms with Crippen molar-refractivity contribution in [3.63, 3.8) is 0 Å². The SMILES string of the molecule is NC(=O)c1nnc(N[C@H](CC2CC2)C(N)=O)nc1Nc1ccc(Cl)cc1. The van der Waals surface area contributed by atoms with Crippen LogP contribution in [-0.4, -0.2) is 33.0 Å². The quantitative estimate of drug-likeness (QED) is 0.545. The Labute approximate surface area is 154 Å². The van der Waals surface area contributed by atoms with E-state index in [-0.39, 0.29) is 17.5 Å². The third-order valence-electron chi connectivity index (χ3n) is 3.94. The molecule has 0 saturated heterocycles. The molecule has 6 N–H and O–H groups in total. The molecule has 1 saturated carbocycles. The molecule has 10 heteroatoms. The number of nitrogens with one attached hydrogen (secondary N) is 2. The number of rotatable bonds is 8. The number of halogens is 1. The van der Waals surface area contributed by atoms with Crippen molar-refractivity contribution < 1.29 is 9.59 Å². The fourth-order valence-corrected chi connectivity index (χ4v) is 2.53. The Bertz CT molecular complexity index is 824. The first-order valence-electron chi connectivity index (χ1n) is 8.05. The number of carbonyl (C=O) groups is 2. The molecule has 0 unspecified atom stereocenters. The molecule has 1 atom stereocenters. The Hall–Kier alpha value is -2.94. The van der Waals surface area contributed by atoms with Gasteiger partial charge in [-0.25, -0.2) is 0 Å². The topological polar surface area (TPSA) is 149 Å². The van der Waals surface area contributed by atoms with Gasteiger partial charge in [-0.05, 0) is 36.6 Å². The highest BCUT2D eigenvalue weighted by Crippen LogP contribution is 2.34. The van der Waals surface area contributed by atoms with Gasteiger partial charge in [0.05, 0.1) is 0 Å². The summed E-state index contributed by atoms with van der Waals surface area (Å²) in [5.74, 6) is -0.600. The third-order valence-corrected chi connectivity index (χ3v) is 4.19. The van der Waals surface area contributed by atoms with Crippen molar-refractivity contribution in [3.05, 3.63) is 35.0 Å². The van der Waals surface area contributed by atoms with Crippen LogP contribution in [0.1, 0.15) is 29.8 Å². The first-order chi connectivity index (χ1) is 12.4. The normalized spacial score (nSPS) is 14.5. The Morgan fingerprint density at radius 2 is 1.88 bits per heavy atom. The summed E-state index contributed by atoms with van der Waals surface area (Å²) < 4.78 is 0. The molecule has 0 aliphatic heterocycles. The van der Waals surface area contributed by atoms with Crippen LogP contribution in [-0.2, 0) is 4.79 Å². The Morgan fingerprint density at radius 3 is 2.46 bits per heavy atom. The van der Waals surface area contributed by atoms with Crippen LogP contribution < -0.4 is 22.1 Å². The second kappa shape index (κ2) is 7.52. The molecule has 26 heavy (non-hydrogen) atoms. The summed E-state index contributed by atoms with van der Waals surface area (Å²) in [5.41, 5.74) is 11.3. The van der Waals surface area contributed by atoms with Gasteiger partial charge in [-0.3, -0.25) is 9.59 Å². The number of nitrogens with two attached hydrogens (primary N) is 2. The van der Waals surface area contributed by atoms with Crippen molar-refractivity contribution >= 4 is 40.9 Å². The zero-order valence-electron chi connectivity index (χ0n) is 13.8. The highest BCUT2D eigenvalue weighted by atomic mass is 35.5. The van der Waals surface area contributed by atoms with Crippen molar-refractivity contribution in [3.8, 4) is 0 Å². The molecule has 0 radical (unpaired) electrons. The number of benzene rings is 1. The molecule has 0 bridgehead atoms. The van der Waals surface area contributed by atoms with Crippen molar-refractivity contribution in [2.45, 2.75) is 25.3 Å². The van der Waals surface area contributed by atoms with Crippen LogP contribution in [0.5, 0.6) is 0 Å². The third kappa shape index (κ3) is 4.57. The molecular formula is C16H18ClN7O2. The summed E-state index contributed by atoms with van der Waals surface area (Å²) >= 11 is 5.86. The second-order valence-corrected chi connectivity index (χ2v) is 6.54. The molecule has 1 heterocycles. The molecule has 1 aliphatic rings. The average molecular weight is 376 g/mol. The molecule has 1 fully saturated rings. The maximum absolute atomic E-state index is 11.6. The van der Waals surface area contributed by atoms with E-state index in [9.17, 15) is 9.59 Å². The summed E-state index contributed by atoms with van der Waals surface area (Å²) in [6.45, 7) is 0. The van der Waals surface area contributed by atoms with Gasteiger partial charge < -0.3 is 22.1 Å². The number of anilines is 3. The molecule has 0 spiro atoms. The van der Waals surface area contributed by atoms with E-state index >= 15 is 0 Å². The van der Waals surface area contributed by atoms with E-state index in [1.807, 2.05) is 0 Å². The van der Waals surface area contributed by atoms with E-state index in [1.54, 1.807) is 24.3 Å². The maximum Gasteiger partial charge on any atom is 0.273 e. The van der Waals surface area contributed by atoms with Crippen molar-refractivity contribution in [2.24, 2.45) is 17.4 Å². The average Bonchev–Trinajstić information content (AvgIpc) is 3.40. The predicted octanol–water partition coefficient (Wildman–Crippen LogP) is 1.43. The van der Waals surface area contributed by atoms with E-state index in [0.29, 0.717) is 23.0 Å². The highest BCUT2D eigenvalue weighted by molar-refractivity contribution is 6.30. The summed E-state index contributed by atoms with van der Waals surface area (Å²) in [7, 11) is 0. The summed E-state index contributed by atoms with van der Waals surface area (Å²) in [6.07, 6.45) is 2.76. The summed E-state index contributed by atoms with van der Waals surface area (Å²) in [6, 6.07) is 6.18. The van der Waals surface area contributed by atoms with Crippen LogP contribution in [0.4, 0.5) is 17.5 Å². The van der Waals surface area contributed by atoms with Crippen LogP contribution >= 0.6 is 11.6 Å². The lowest BCUT2D eigenvalue weighted by Gasteiger charge is -2.16. The highest BCUT2D eigenvalue weighted by Gasteiger charge is 2.29. The van der Waals surface area contributed by atoms with Crippen LogP contribution in [0, 0.1) is 5.92 Å². The predicted molar refractivity (Wildman–Crippen MR) is 97.0 cm³/mol. The zero-order valence-corrected chi connectivity index (χ0v) is 14.5. The van der Waals surface area contributed by atoms with Gasteiger partial charge >= 0.3 is 0 Å². The lowest BCUT2D eigenvalue weighted by molar-refractivity contribution is -0.119. The molecule has 1 aromatic carbocycles. The maximum atomic E-state index is 11.6.